The Balaban J connectivity index is 2.21. The number of hydrogen-bond donors (Lipinski definition) is 1. The Bertz CT molecular complexity index is 750. The number of anilines is 1. The molecule has 0 unspecified atom stereocenters. The Hall–Kier alpha value is -2.29. The van der Waals surface area contributed by atoms with E-state index < -0.39 is 6.10 Å². The summed E-state index contributed by atoms with van der Waals surface area (Å²) >= 11 is 0. The first kappa shape index (κ1) is 19.0. The van der Waals surface area contributed by atoms with E-state index in [1.54, 1.807) is 0 Å². The Morgan fingerprint density at radius 3 is 2.40 bits per heavy atom. The van der Waals surface area contributed by atoms with Crippen molar-refractivity contribution in [2.24, 2.45) is 0 Å². The first-order valence-corrected chi connectivity index (χ1v) is 8.97. The number of ether oxygens (including phenoxy) is 1. The lowest BCUT2D eigenvalue weighted by Crippen LogP contribution is -2.33. The molecule has 0 heterocycles. The number of benzene rings is 2. The van der Waals surface area contributed by atoms with Gasteiger partial charge in [-0.1, -0.05) is 56.7 Å². The molecule has 3 heteroatoms. The van der Waals surface area contributed by atoms with E-state index in [1.807, 2.05) is 52.0 Å². The van der Waals surface area contributed by atoms with Crippen LogP contribution in [0.5, 0.6) is 5.75 Å². The monoisotopic (exact) mass is 339 g/mol. The van der Waals surface area contributed by atoms with Gasteiger partial charge in [0, 0.05) is 5.69 Å². The molecule has 1 amide bonds. The number of amides is 1. The molecule has 0 aliphatic carbocycles. The molecule has 134 valence electrons. The molecule has 0 aliphatic heterocycles. The molecule has 0 spiro atoms. The molecule has 1 atom stereocenters. The molecule has 0 aliphatic rings. The molecular formula is C22H29NO2. The lowest BCUT2D eigenvalue weighted by Gasteiger charge is -2.21. The second-order valence-electron chi connectivity index (χ2n) is 6.97. The predicted octanol–water partition coefficient (Wildman–Crippen LogP) is 5.53. The van der Waals surface area contributed by atoms with Crippen LogP contribution in [-0.4, -0.2) is 12.0 Å². The van der Waals surface area contributed by atoms with Gasteiger partial charge < -0.3 is 10.1 Å². The molecule has 0 radical (unpaired) electrons. The van der Waals surface area contributed by atoms with Crippen molar-refractivity contribution in [3.8, 4) is 5.75 Å². The van der Waals surface area contributed by atoms with Crippen LogP contribution in [0.15, 0.2) is 36.4 Å². The minimum atomic E-state index is -0.513. The Morgan fingerprint density at radius 2 is 1.80 bits per heavy atom. The minimum absolute atomic E-state index is 0.0984. The summed E-state index contributed by atoms with van der Waals surface area (Å²) in [6.45, 7) is 12.3. The molecular weight excluding hydrogens is 310 g/mol. The third-order valence-electron chi connectivity index (χ3n) is 4.44. The third-order valence-corrected chi connectivity index (χ3v) is 4.44. The average molecular weight is 339 g/mol. The standard InChI is InChI=1S/C22H29NO2/c1-7-19(25-20-12-11-15(4)13-17(20)6)22(24)23-21-16(5)9-8-10-18(21)14(2)3/h8-14,19H,7H2,1-6H3,(H,23,24)/t19-/m1/s1. The molecule has 0 saturated heterocycles. The summed E-state index contributed by atoms with van der Waals surface area (Å²) in [5.41, 5.74) is 5.36. The molecule has 0 saturated carbocycles. The molecule has 0 bridgehead atoms. The molecule has 0 aromatic heterocycles. The Labute approximate surface area is 151 Å². The first-order valence-electron chi connectivity index (χ1n) is 8.97. The van der Waals surface area contributed by atoms with E-state index in [-0.39, 0.29) is 5.91 Å². The molecule has 25 heavy (non-hydrogen) atoms. The minimum Gasteiger partial charge on any atom is -0.480 e. The quantitative estimate of drug-likeness (QED) is 0.751. The number of aryl methyl sites for hydroxylation is 3. The highest BCUT2D eigenvalue weighted by molar-refractivity contribution is 5.95. The van der Waals surface area contributed by atoms with Gasteiger partial charge in [-0.3, -0.25) is 4.79 Å². The van der Waals surface area contributed by atoms with Crippen molar-refractivity contribution in [2.45, 2.75) is 60.0 Å². The van der Waals surface area contributed by atoms with Gasteiger partial charge in [-0.2, -0.15) is 0 Å². The number of rotatable bonds is 6. The molecule has 2 aromatic carbocycles. The van der Waals surface area contributed by atoms with Crippen molar-refractivity contribution in [3.63, 3.8) is 0 Å². The van der Waals surface area contributed by atoms with Crippen molar-refractivity contribution in [3.05, 3.63) is 58.7 Å². The van der Waals surface area contributed by atoms with Gasteiger partial charge >= 0.3 is 0 Å². The smallest absolute Gasteiger partial charge is 0.265 e. The van der Waals surface area contributed by atoms with Crippen LogP contribution in [0.3, 0.4) is 0 Å². The average Bonchev–Trinajstić information content (AvgIpc) is 2.55. The van der Waals surface area contributed by atoms with E-state index >= 15 is 0 Å². The van der Waals surface area contributed by atoms with Gasteiger partial charge in [-0.05, 0) is 55.9 Å². The molecule has 3 nitrogen and oxygen atoms in total. The van der Waals surface area contributed by atoms with Crippen molar-refractivity contribution in [1.82, 2.24) is 0 Å². The second kappa shape index (κ2) is 8.19. The van der Waals surface area contributed by atoms with Crippen LogP contribution < -0.4 is 10.1 Å². The van der Waals surface area contributed by atoms with Crippen molar-refractivity contribution >= 4 is 11.6 Å². The lowest BCUT2D eigenvalue weighted by molar-refractivity contribution is -0.122. The summed E-state index contributed by atoms with van der Waals surface area (Å²) in [4.78, 5) is 12.8. The molecule has 0 fully saturated rings. The zero-order valence-electron chi connectivity index (χ0n) is 16.1. The van der Waals surface area contributed by atoms with Gasteiger partial charge in [0.15, 0.2) is 6.10 Å². The van der Waals surface area contributed by atoms with Gasteiger partial charge in [0.25, 0.3) is 5.91 Å². The highest BCUT2D eigenvalue weighted by Gasteiger charge is 2.21. The zero-order valence-corrected chi connectivity index (χ0v) is 16.1. The van der Waals surface area contributed by atoms with Crippen LogP contribution in [0, 0.1) is 20.8 Å². The summed E-state index contributed by atoms with van der Waals surface area (Å²) in [7, 11) is 0. The lowest BCUT2D eigenvalue weighted by atomic mass is 9.98. The SMILES string of the molecule is CC[C@@H](Oc1ccc(C)cc1C)C(=O)Nc1c(C)cccc1C(C)C. The summed E-state index contributed by atoms with van der Waals surface area (Å²) in [5.74, 6) is 1.01. The van der Waals surface area contributed by atoms with Gasteiger partial charge in [0.05, 0.1) is 0 Å². The third kappa shape index (κ3) is 4.62. The molecule has 1 N–H and O–H groups in total. The van der Waals surface area contributed by atoms with Crippen molar-refractivity contribution in [2.75, 3.05) is 5.32 Å². The second-order valence-corrected chi connectivity index (χ2v) is 6.97. The number of hydrogen-bond acceptors (Lipinski definition) is 2. The normalized spacial score (nSPS) is 12.1. The number of carbonyl (C=O) groups is 1. The van der Waals surface area contributed by atoms with E-state index in [0.717, 1.165) is 28.1 Å². The summed E-state index contributed by atoms with van der Waals surface area (Å²) < 4.78 is 6.01. The summed E-state index contributed by atoms with van der Waals surface area (Å²) in [6.07, 6.45) is 0.100. The fraction of sp³-hybridized carbons (Fsp3) is 0.409. The van der Waals surface area contributed by atoms with Gasteiger partial charge in [-0.25, -0.2) is 0 Å². The highest BCUT2D eigenvalue weighted by Crippen LogP contribution is 2.28. The van der Waals surface area contributed by atoms with Crippen molar-refractivity contribution in [1.29, 1.82) is 0 Å². The Kier molecular flexibility index (Phi) is 6.24. The van der Waals surface area contributed by atoms with Crippen LogP contribution in [0.4, 0.5) is 5.69 Å². The predicted molar refractivity (Wildman–Crippen MR) is 105 cm³/mol. The van der Waals surface area contributed by atoms with Gasteiger partial charge in [0.2, 0.25) is 0 Å². The number of para-hydroxylation sites is 1. The molecule has 2 aromatic rings. The fourth-order valence-electron chi connectivity index (χ4n) is 2.95. The first-order chi connectivity index (χ1) is 11.8. The maximum absolute atomic E-state index is 12.8. The van der Waals surface area contributed by atoms with Gasteiger partial charge in [0.1, 0.15) is 5.75 Å². The highest BCUT2D eigenvalue weighted by atomic mass is 16.5. The maximum atomic E-state index is 12.8. The van der Waals surface area contributed by atoms with Crippen LogP contribution in [0.2, 0.25) is 0 Å². The van der Waals surface area contributed by atoms with Gasteiger partial charge in [-0.15, -0.1) is 0 Å². The van der Waals surface area contributed by atoms with Crippen LogP contribution in [0.1, 0.15) is 55.4 Å². The summed E-state index contributed by atoms with van der Waals surface area (Å²) in [6, 6.07) is 12.1. The topological polar surface area (TPSA) is 38.3 Å². The van der Waals surface area contributed by atoms with Crippen LogP contribution in [-0.2, 0) is 4.79 Å². The van der Waals surface area contributed by atoms with E-state index in [2.05, 4.69) is 31.3 Å². The largest absolute Gasteiger partial charge is 0.480 e. The number of nitrogens with one attached hydrogen (secondary N) is 1. The van der Waals surface area contributed by atoms with E-state index in [4.69, 9.17) is 4.74 Å². The summed E-state index contributed by atoms with van der Waals surface area (Å²) in [5, 5.41) is 3.10. The van der Waals surface area contributed by atoms with E-state index in [9.17, 15) is 4.79 Å². The Morgan fingerprint density at radius 1 is 1.08 bits per heavy atom. The van der Waals surface area contributed by atoms with E-state index in [0.29, 0.717) is 12.3 Å². The number of carbonyl (C=O) groups excluding carboxylic acids is 1. The van der Waals surface area contributed by atoms with Crippen molar-refractivity contribution < 1.29 is 9.53 Å². The van der Waals surface area contributed by atoms with Crippen LogP contribution >= 0.6 is 0 Å². The van der Waals surface area contributed by atoms with Crippen LogP contribution in [0.25, 0.3) is 0 Å². The fourth-order valence-corrected chi connectivity index (χ4v) is 2.95. The maximum Gasteiger partial charge on any atom is 0.265 e. The molecule has 2 rings (SSSR count). The zero-order chi connectivity index (χ0) is 18.6. The van der Waals surface area contributed by atoms with E-state index in [1.165, 1.54) is 5.56 Å².